The predicted molar refractivity (Wildman–Crippen MR) is 197 cm³/mol. The lowest BCUT2D eigenvalue weighted by molar-refractivity contribution is -0.151. The van der Waals surface area contributed by atoms with E-state index in [1.165, 1.54) is 22.3 Å². The normalized spacial score (nSPS) is 22.6. The highest BCUT2D eigenvalue weighted by Crippen LogP contribution is 2.47. The number of nitrogens with one attached hydrogen (secondary N) is 2. The van der Waals surface area contributed by atoms with Crippen molar-refractivity contribution in [3.8, 4) is 0 Å². The number of esters is 1. The van der Waals surface area contributed by atoms with E-state index in [4.69, 9.17) is 24.2 Å². The molecule has 1 aromatic rings. The van der Waals surface area contributed by atoms with E-state index in [0.717, 1.165) is 47.8 Å². The molecular formula is C38H53N5O6S. The number of unbranched alkanes of at least 4 members (excludes halogenated alkanes) is 3. The van der Waals surface area contributed by atoms with Crippen LogP contribution in [0.15, 0.2) is 71.1 Å². The molecule has 50 heavy (non-hydrogen) atoms. The largest absolute Gasteiger partial charge is 0.497 e. The number of hydrogen-bond acceptors (Lipinski definition) is 9. The Morgan fingerprint density at radius 3 is 2.62 bits per heavy atom. The van der Waals surface area contributed by atoms with Crippen LogP contribution in [-0.4, -0.2) is 78.0 Å². The van der Waals surface area contributed by atoms with Crippen LogP contribution in [0.2, 0.25) is 0 Å². The van der Waals surface area contributed by atoms with E-state index in [-0.39, 0.29) is 37.9 Å². The zero-order chi connectivity index (χ0) is 36.5. The summed E-state index contributed by atoms with van der Waals surface area (Å²) in [5.41, 5.74) is 0.429. The summed E-state index contributed by atoms with van der Waals surface area (Å²) in [7, 11) is 1.63. The van der Waals surface area contributed by atoms with Crippen LogP contribution in [-0.2, 0) is 23.8 Å². The lowest BCUT2D eigenvalue weighted by atomic mass is 9.76. The zero-order valence-corrected chi connectivity index (χ0v) is 31.2. The Kier molecular flexibility index (Phi) is 13.2. The Hall–Kier alpha value is -4.19. The minimum atomic E-state index is -1.43. The molecule has 11 nitrogen and oxygen atoms in total. The number of aromatic nitrogens is 1. The van der Waals surface area contributed by atoms with Crippen molar-refractivity contribution in [2.75, 3.05) is 26.8 Å². The number of thiazole rings is 1. The number of dihydropyridines is 1. The van der Waals surface area contributed by atoms with Gasteiger partial charge in [-0.15, -0.1) is 24.5 Å². The van der Waals surface area contributed by atoms with E-state index in [2.05, 4.69) is 44.6 Å². The Bertz CT molecular complexity index is 1560. The van der Waals surface area contributed by atoms with Crippen molar-refractivity contribution in [3.05, 3.63) is 76.8 Å². The van der Waals surface area contributed by atoms with E-state index in [1.54, 1.807) is 21.0 Å². The predicted octanol–water partition coefficient (Wildman–Crippen LogP) is 6.71. The average molecular weight is 708 g/mol. The second-order valence-corrected chi connectivity index (χ2v) is 14.2. The fourth-order valence-electron chi connectivity index (χ4n) is 6.22. The number of fused-ring (bicyclic) bond motifs is 1. The summed E-state index contributed by atoms with van der Waals surface area (Å²) < 4.78 is 17.7. The van der Waals surface area contributed by atoms with Gasteiger partial charge < -0.3 is 29.7 Å². The number of rotatable bonds is 17. The van der Waals surface area contributed by atoms with Gasteiger partial charge in [-0.3, -0.25) is 4.79 Å². The van der Waals surface area contributed by atoms with Gasteiger partial charge in [-0.2, -0.15) is 0 Å². The van der Waals surface area contributed by atoms with E-state index in [1.807, 2.05) is 29.7 Å². The number of aliphatic imine (C=N–C) groups is 1. The first-order chi connectivity index (χ1) is 23.9. The summed E-state index contributed by atoms with van der Waals surface area (Å²) in [5.74, 6) is 0.594. The molecule has 0 saturated carbocycles. The standard InChI is InChI=1S/C38H53N5O6S/c1-9-13-14-15-16-19-39-36(46)43-23-27(20-30(43)33(44)42-38(10-2,11-3)35(45)48-12-4)49-32-22-28(34-41-29(24-50-34)25(5)6)40-31-21-26(47-8)17-18-37(31,32)7/h9-10,17,21-22,24-25,27,30H,1-2,11-16,18-20,23H2,3-8H3,(H,39,46)(H,42,44)/t27-,30+,37?,38?/m1/s1. The zero-order valence-electron chi connectivity index (χ0n) is 30.4. The van der Waals surface area contributed by atoms with Crippen LogP contribution in [0.3, 0.4) is 0 Å². The minimum Gasteiger partial charge on any atom is -0.497 e. The van der Waals surface area contributed by atoms with Crippen LogP contribution in [0.1, 0.15) is 96.2 Å². The number of nitrogens with zero attached hydrogens (tertiary/aromatic N) is 3. The number of carbonyl (C=O) groups excluding carboxylic acids is 3. The fourth-order valence-corrected chi connectivity index (χ4v) is 7.16. The van der Waals surface area contributed by atoms with Crippen molar-refractivity contribution in [2.45, 2.75) is 103 Å². The van der Waals surface area contributed by atoms with Crippen LogP contribution in [0.4, 0.5) is 4.79 Å². The highest BCUT2D eigenvalue weighted by molar-refractivity contribution is 7.12. The highest BCUT2D eigenvalue weighted by atomic mass is 32.1. The van der Waals surface area contributed by atoms with Crippen LogP contribution in [0, 0.1) is 5.41 Å². The summed E-state index contributed by atoms with van der Waals surface area (Å²) in [6, 6.07) is -1.27. The molecule has 4 atom stereocenters. The van der Waals surface area contributed by atoms with Gasteiger partial charge in [-0.05, 0) is 57.9 Å². The molecule has 0 radical (unpaired) electrons. The maximum absolute atomic E-state index is 14.0. The molecule has 0 bridgehead atoms. The quantitative estimate of drug-likeness (QED) is 0.105. The molecule has 3 heterocycles. The van der Waals surface area contributed by atoms with Crippen molar-refractivity contribution in [1.82, 2.24) is 20.5 Å². The third kappa shape index (κ3) is 8.57. The number of ether oxygens (including phenoxy) is 3. The molecule has 3 aliphatic rings. The maximum atomic E-state index is 14.0. The number of carbonyl (C=O) groups is 3. The first kappa shape index (κ1) is 38.6. The number of hydrogen-bond donors (Lipinski definition) is 2. The summed E-state index contributed by atoms with van der Waals surface area (Å²) in [6.07, 6.45) is 13.3. The van der Waals surface area contributed by atoms with Gasteiger partial charge in [-0.1, -0.05) is 39.3 Å². The number of urea groups is 1. The summed E-state index contributed by atoms with van der Waals surface area (Å²) in [6.45, 7) is 18.1. The van der Waals surface area contributed by atoms with Gasteiger partial charge in [0.25, 0.3) is 0 Å². The number of amides is 3. The fraction of sp³-hybridized carbons (Fsp3) is 0.553. The van der Waals surface area contributed by atoms with Gasteiger partial charge in [-0.25, -0.2) is 19.6 Å². The Morgan fingerprint density at radius 1 is 1.20 bits per heavy atom. The topological polar surface area (TPSA) is 131 Å². The van der Waals surface area contributed by atoms with Crippen LogP contribution >= 0.6 is 11.3 Å². The molecule has 1 saturated heterocycles. The molecule has 3 amide bonds. The first-order valence-electron chi connectivity index (χ1n) is 17.6. The van der Waals surface area contributed by atoms with Crippen molar-refractivity contribution in [3.63, 3.8) is 0 Å². The first-order valence-corrected chi connectivity index (χ1v) is 18.5. The second-order valence-electron chi connectivity index (χ2n) is 13.4. The number of methoxy groups -OCH3 is 1. The van der Waals surface area contributed by atoms with Crippen LogP contribution < -0.4 is 10.6 Å². The summed E-state index contributed by atoms with van der Waals surface area (Å²) >= 11 is 1.53. The highest BCUT2D eigenvalue weighted by Gasteiger charge is 2.47. The molecule has 1 aliphatic carbocycles. The smallest absolute Gasteiger partial charge is 0.335 e. The molecule has 272 valence electrons. The van der Waals surface area contributed by atoms with Crippen molar-refractivity contribution >= 4 is 35.0 Å². The second kappa shape index (κ2) is 17.2. The van der Waals surface area contributed by atoms with Crippen LogP contribution in [0.25, 0.3) is 0 Å². The van der Waals surface area contributed by atoms with Crippen molar-refractivity contribution in [1.29, 1.82) is 0 Å². The SMILES string of the molecule is C=CCCCCCNC(=O)N1C[C@H](OC2=CC(c3nc(C(C)C)cs3)=NC3=CC(OC)=CCC32C)C[C@H]1C(=O)NC(C=C)(CC)C(=O)OCC. The van der Waals surface area contributed by atoms with Gasteiger partial charge in [0.2, 0.25) is 5.91 Å². The van der Waals surface area contributed by atoms with E-state index >= 15 is 0 Å². The molecule has 0 spiro atoms. The molecule has 12 heteroatoms. The van der Waals surface area contributed by atoms with Gasteiger partial charge in [0.15, 0.2) is 5.54 Å². The molecule has 0 aromatic carbocycles. The summed E-state index contributed by atoms with van der Waals surface area (Å²) in [5, 5.41) is 8.69. The Morgan fingerprint density at radius 2 is 1.98 bits per heavy atom. The monoisotopic (exact) mass is 707 g/mol. The van der Waals surface area contributed by atoms with Crippen molar-refractivity contribution < 1.29 is 28.6 Å². The molecule has 1 aromatic heterocycles. The molecular weight excluding hydrogens is 655 g/mol. The molecule has 4 rings (SSSR count). The molecule has 2 aliphatic heterocycles. The molecule has 2 unspecified atom stereocenters. The lowest BCUT2D eigenvalue weighted by Crippen LogP contribution is -2.58. The van der Waals surface area contributed by atoms with Crippen molar-refractivity contribution in [2.24, 2.45) is 10.4 Å². The van der Waals surface area contributed by atoms with Crippen LogP contribution in [0.5, 0.6) is 0 Å². The minimum absolute atomic E-state index is 0.154. The van der Waals surface area contributed by atoms with Gasteiger partial charge in [0.1, 0.15) is 34.4 Å². The van der Waals surface area contributed by atoms with Gasteiger partial charge >= 0.3 is 12.0 Å². The lowest BCUT2D eigenvalue weighted by Gasteiger charge is -2.37. The molecule has 1 fully saturated rings. The van der Waals surface area contributed by atoms with Gasteiger partial charge in [0, 0.05) is 30.5 Å². The van der Waals surface area contributed by atoms with E-state index in [9.17, 15) is 14.4 Å². The van der Waals surface area contributed by atoms with Gasteiger partial charge in [0.05, 0.1) is 37.1 Å². The van der Waals surface area contributed by atoms with E-state index in [0.29, 0.717) is 24.4 Å². The molecule has 2 N–H and O–H groups in total. The third-order valence-corrected chi connectivity index (χ3v) is 10.4. The summed E-state index contributed by atoms with van der Waals surface area (Å²) in [4.78, 5) is 52.1. The third-order valence-electron chi connectivity index (χ3n) is 9.55. The number of likely N-dealkylation sites (tertiary alicyclic amines) is 1. The Balaban J connectivity index is 1.63. The van der Waals surface area contributed by atoms with E-state index < -0.39 is 35.0 Å². The number of allylic oxidation sites excluding steroid dienone is 4. The average Bonchev–Trinajstić information content (AvgIpc) is 3.77. The Labute approximate surface area is 300 Å². The maximum Gasteiger partial charge on any atom is 0.335 e.